The highest BCUT2D eigenvalue weighted by atomic mass is 15.3. The minimum absolute atomic E-state index is 0.796. The van der Waals surface area contributed by atoms with Gasteiger partial charge < -0.3 is 10.2 Å². The van der Waals surface area contributed by atoms with Crippen LogP contribution >= 0.6 is 0 Å². The van der Waals surface area contributed by atoms with Crippen molar-refractivity contribution in [3.8, 4) is 0 Å². The number of anilines is 2. The van der Waals surface area contributed by atoms with Gasteiger partial charge in [-0.25, -0.2) is 0 Å². The Hall–Kier alpha value is -1.22. The minimum atomic E-state index is 0.796. The normalized spacial score (nSPS) is 26.6. The molecule has 3 aliphatic heterocycles. The van der Waals surface area contributed by atoms with Gasteiger partial charge in [-0.3, -0.25) is 4.90 Å². The van der Waals surface area contributed by atoms with Crippen LogP contribution in [0.3, 0.4) is 0 Å². The summed E-state index contributed by atoms with van der Waals surface area (Å²) >= 11 is 0. The van der Waals surface area contributed by atoms with E-state index in [0.717, 1.165) is 12.6 Å². The maximum atomic E-state index is 3.57. The van der Waals surface area contributed by atoms with Gasteiger partial charge in [0.25, 0.3) is 0 Å². The molecule has 3 heterocycles. The Bertz CT molecular complexity index is 485. The third kappa shape index (κ3) is 2.18. The molecule has 0 spiro atoms. The van der Waals surface area contributed by atoms with Gasteiger partial charge in [0.2, 0.25) is 0 Å². The lowest BCUT2D eigenvalue weighted by atomic mass is 10.00. The topological polar surface area (TPSA) is 18.5 Å². The van der Waals surface area contributed by atoms with Crippen LogP contribution in [0.15, 0.2) is 18.2 Å². The summed E-state index contributed by atoms with van der Waals surface area (Å²) in [5, 5.41) is 3.57. The molecule has 2 saturated heterocycles. The Balaban J connectivity index is 1.63. The molecule has 3 aliphatic rings. The first-order chi connectivity index (χ1) is 9.92. The molecule has 0 radical (unpaired) electrons. The van der Waals surface area contributed by atoms with Crippen LogP contribution in [0, 0.1) is 0 Å². The van der Waals surface area contributed by atoms with E-state index >= 15 is 0 Å². The second kappa shape index (κ2) is 5.28. The molecule has 1 N–H and O–H groups in total. The van der Waals surface area contributed by atoms with Gasteiger partial charge >= 0.3 is 0 Å². The highest BCUT2D eigenvalue weighted by molar-refractivity contribution is 5.68. The lowest BCUT2D eigenvalue weighted by Crippen LogP contribution is -2.37. The van der Waals surface area contributed by atoms with Crippen LogP contribution in [0.25, 0.3) is 0 Å². The molecule has 2 fully saturated rings. The summed E-state index contributed by atoms with van der Waals surface area (Å²) in [4.78, 5) is 5.38. The minimum Gasteiger partial charge on any atom is -0.385 e. The number of benzene rings is 1. The largest absolute Gasteiger partial charge is 0.385 e. The highest BCUT2D eigenvalue weighted by Crippen LogP contribution is 2.33. The Labute approximate surface area is 121 Å². The number of hydrogen-bond donors (Lipinski definition) is 1. The van der Waals surface area contributed by atoms with Gasteiger partial charge in [0.1, 0.15) is 0 Å². The average Bonchev–Trinajstić information content (AvgIpc) is 2.84. The molecule has 20 heavy (non-hydrogen) atoms. The first kappa shape index (κ1) is 12.5. The van der Waals surface area contributed by atoms with Crippen LogP contribution in [0.1, 0.15) is 31.2 Å². The maximum Gasteiger partial charge on any atom is 0.0420 e. The van der Waals surface area contributed by atoms with Gasteiger partial charge in [0.15, 0.2) is 0 Å². The van der Waals surface area contributed by atoms with Gasteiger partial charge in [0.05, 0.1) is 0 Å². The van der Waals surface area contributed by atoms with Crippen LogP contribution in [-0.4, -0.2) is 43.7 Å². The van der Waals surface area contributed by atoms with Crippen LogP contribution in [0.5, 0.6) is 0 Å². The summed E-state index contributed by atoms with van der Waals surface area (Å²) in [7, 11) is 0. The van der Waals surface area contributed by atoms with Crippen molar-refractivity contribution in [1.29, 1.82) is 0 Å². The van der Waals surface area contributed by atoms with Crippen molar-refractivity contribution in [3.63, 3.8) is 0 Å². The molecule has 0 aliphatic carbocycles. The van der Waals surface area contributed by atoms with Gasteiger partial charge in [-0.1, -0.05) is 6.07 Å². The van der Waals surface area contributed by atoms with E-state index in [9.17, 15) is 0 Å². The van der Waals surface area contributed by atoms with Crippen molar-refractivity contribution < 1.29 is 0 Å². The van der Waals surface area contributed by atoms with E-state index in [1.54, 1.807) is 5.56 Å². The molecule has 1 atom stereocenters. The van der Waals surface area contributed by atoms with E-state index in [1.165, 1.54) is 69.7 Å². The third-order valence-electron chi connectivity index (χ3n) is 5.21. The lowest BCUT2D eigenvalue weighted by molar-refractivity contribution is 0.273. The standard InChI is InChI=1S/C17H25N3/c1-7-16-15(6-2-9-18-16)17(8-1)20-12-4-11-19-10-3-5-14(19)13-20/h1,7-8,14,18H,2-6,9-13H2. The molecule has 4 rings (SSSR count). The van der Waals surface area contributed by atoms with Crippen LogP contribution in [0.2, 0.25) is 0 Å². The smallest absolute Gasteiger partial charge is 0.0420 e. The molecular formula is C17H25N3. The molecule has 3 heteroatoms. The summed E-state index contributed by atoms with van der Waals surface area (Å²) in [6.45, 7) is 6.22. The SMILES string of the molecule is c1cc2c(c(N3CCCN4CCCC4C3)c1)CCCN2. The first-order valence-electron chi connectivity index (χ1n) is 8.26. The molecule has 0 bridgehead atoms. The second-order valence-corrected chi connectivity index (χ2v) is 6.47. The molecule has 0 saturated carbocycles. The predicted octanol–water partition coefficient (Wildman–Crippen LogP) is 2.72. The fourth-order valence-corrected chi connectivity index (χ4v) is 4.21. The maximum absolute atomic E-state index is 3.57. The quantitative estimate of drug-likeness (QED) is 0.847. The number of nitrogens with zero attached hydrogens (tertiary/aromatic N) is 2. The Morgan fingerprint density at radius 1 is 1.05 bits per heavy atom. The monoisotopic (exact) mass is 271 g/mol. The van der Waals surface area contributed by atoms with Gasteiger partial charge in [-0.15, -0.1) is 0 Å². The summed E-state index contributed by atoms with van der Waals surface area (Å²) < 4.78 is 0. The van der Waals surface area contributed by atoms with Crippen molar-refractivity contribution >= 4 is 11.4 Å². The summed E-state index contributed by atoms with van der Waals surface area (Å²) in [5.41, 5.74) is 4.44. The van der Waals surface area contributed by atoms with E-state index in [2.05, 4.69) is 33.3 Å². The molecular weight excluding hydrogens is 246 g/mol. The molecule has 0 aromatic heterocycles. The molecule has 3 nitrogen and oxygen atoms in total. The highest BCUT2D eigenvalue weighted by Gasteiger charge is 2.29. The lowest BCUT2D eigenvalue weighted by Gasteiger charge is -2.31. The van der Waals surface area contributed by atoms with Gasteiger partial charge in [-0.2, -0.15) is 0 Å². The zero-order valence-electron chi connectivity index (χ0n) is 12.3. The number of fused-ring (bicyclic) bond motifs is 2. The van der Waals surface area contributed by atoms with Crippen molar-refractivity contribution in [2.75, 3.05) is 42.9 Å². The zero-order valence-corrected chi connectivity index (χ0v) is 12.3. The van der Waals surface area contributed by atoms with Gasteiger partial charge in [0, 0.05) is 43.6 Å². The van der Waals surface area contributed by atoms with Crippen molar-refractivity contribution in [1.82, 2.24) is 4.90 Å². The molecule has 1 aromatic rings. The molecule has 108 valence electrons. The summed E-state index contributed by atoms with van der Waals surface area (Å²) in [6, 6.07) is 7.61. The first-order valence-corrected chi connectivity index (χ1v) is 8.26. The molecule has 1 aromatic carbocycles. The van der Waals surface area contributed by atoms with Gasteiger partial charge in [-0.05, 0) is 56.3 Å². The van der Waals surface area contributed by atoms with E-state index in [4.69, 9.17) is 0 Å². The second-order valence-electron chi connectivity index (χ2n) is 6.47. The summed E-state index contributed by atoms with van der Waals surface area (Å²) in [6.07, 6.45) is 6.61. The number of rotatable bonds is 1. The van der Waals surface area contributed by atoms with Crippen LogP contribution in [-0.2, 0) is 6.42 Å². The van der Waals surface area contributed by atoms with E-state index < -0.39 is 0 Å². The Morgan fingerprint density at radius 2 is 2.00 bits per heavy atom. The summed E-state index contributed by atoms with van der Waals surface area (Å²) in [5.74, 6) is 0. The van der Waals surface area contributed by atoms with Crippen LogP contribution in [0.4, 0.5) is 11.4 Å². The number of nitrogens with one attached hydrogen (secondary N) is 1. The Kier molecular flexibility index (Phi) is 3.31. The van der Waals surface area contributed by atoms with Crippen LogP contribution < -0.4 is 10.2 Å². The van der Waals surface area contributed by atoms with Crippen molar-refractivity contribution in [2.24, 2.45) is 0 Å². The van der Waals surface area contributed by atoms with Crippen molar-refractivity contribution in [3.05, 3.63) is 23.8 Å². The molecule has 1 unspecified atom stereocenters. The third-order valence-corrected chi connectivity index (χ3v) is 5.21. The zero-order chi connectivity index (χ0) is 13.4. The van der Waals surface area contributed by atoms with Crippen molar-refractivity contribution in [2.45, 2.75) is 38.1 Å². The fraction of sp³-hybridized carbons (Fsp3) is 0.647. The van der Waals surface area contributed by atoms with E-state index in [0.29, 0.717) is 0 Å². The van der Waals surface area contributed by atoms with E-state index in [-0.39, 0.29) is 0 Å². The van der Waals surface area contributed by atoms with E-state index in [1.807, 2.05) is 0 Å². The molecule has 0 amide bonds. The fourth-order valence-electron chi connectivity index (χ4n) is 4.21. The average molecular weight is 271 g/mol. The number of hydrogen-bond acceptors (Lipinski definition) is 3. The predicted molar refractivity (Wildman–Crippen MR) is 84.7 cm³/mol. The Morgan fingerprint density at radius 3 is 3.00 bits per heavy atom.